The molecular weight excluding hydrogens is 246 g/mol. The number of rotatable bonds is 6. The normalized spacial score (nSPS) is 13.5. The summed E-state index contributed by atoms with van der Waals surface area (Å²) in [5, 5.41) is 8.88. The van der Waals surface area contributed by atoms with Crippen molar-refractivity contribution < 1.29 is 14.6 Å². The van der Waals surface area contributed by atoms with E-state index in [0.717, 1.165) is 36.9 Å². The Kier molecular flexibility index (Phi) is 4.37. The van der Waals surface area contributed by atoms with E-state index in [-0.39, 0.29) is 12.0 Å². The van der Waals surface area contributed by atoms with Crippen LogP contribution in [0.15, 0.2) is 10.9 Å². The van der Waals surface area contributed by atoms with Crippen molar-refractivity contribution in [1.29, 1.82) is 0 Å². The summed E-state index contributed by atoms with van der Waals surface area (Å²) in [7, 11) is 1.63. The van der Waals surface area contributed by atoms with Crippen molar-refractivity contribution in [2.75, 3.05) is 13.7 Å². The van der Waals surface area contributed by atoms with Crippen LogP contribution < -0.4 is 5.56 Å². The summed E-state index contributed by atoms with van der Waals surface area (Å²) in [6, 6.07) is 1.78. The monoisotopic (exact) mass is 265 g/mol. The van der Waals surface area contributed by atoms with E-state index in [4.69, 9.17) is 9.84 Å². The highest BCUT2D eigenvalue weighted by molar-refractivity contribution is 5.70. The fourth-order valence-electron chi connectivity index (χ4n) is 2.68. The van der Waals surface area contributed by atoms with Crippen LogP contribution in [0.1, 0.15) is 29.7 Å². The van der Waals surface area contributed by atoms with Crippen LogP contribution in [-0.4, -0.2) is 29.4 Å². The van der Waals surface area contributed by atoms with Crippen molar-refractivity contribution in [3.63, 3.8) is 0 Å². The van der Waals surface area contributed by atoms with E-state index in [9.17, 15) is 9.59 Å². The summed E-state index contributed by atoms with van der Waals surface area (Å²) in [4.78, 5) is 23.1. The zero-order valence-corrected chi connectivity index (χ0v) is 11.1. The average molecular weight is 265 g/mol. The highest BCUT2D eigenvalue weighted by Gasteiger charge is 2.19. The minimum absolute atomic E-state index is 0.154. The maximum absolute atomic E-state index is 12.3. The van der Waals surface area contributed by atoms with E-state index >= 15 is 0 Å². The van der Waals surface area contributed by atoms with Gasteiger partial charge in [-0.25, -0.2) is 0 Å². The van der Waals surface area contributed by atoms with E-state index in [2.05, 4.69) is 0 Å². The summed E-state index contributed by atoms with van der Waals surface area (Å²) in [6.07, 6.45) is 3.45. The number of aryl methyl sites for hydroxylation is 1. The number of carboxylic acid groups (broad SMARTS) is 1. The first-order chi connectivity index (χ1) is 9.13. The highest BCUT2D eigenvalue weighted by atomic mass is 16.5. The number of fused-ring (bicyclic) bond motifs is 1. The molecule has 0 fully saturated rings. The Labute approximate surface area is 111 Å². The molecule has 0 bridgehead atoms. The van der Waals surface area contributed by atoms with E-state index in [1.54, 1.807) is 17.7 Å². The molecule has 0 saturated heterocycles. The van der Waals surface area contributed by atoms with Crippen molar-refractivity contribution >= 4 is 5.97 Å². The summed E-state index contributed by atoms with van der Waals surface area (Å²) >= 11 is 0. The maximum Gasteiger partial charge on any atom is 0.308 e. The van der Waals surface area contributed by atoms with Crippen molar-refractivity contribution in [2.24, 2.45) is 0 Å². The van der Waals surface area contributed by atoms with Gasteiger partial charge in [-0.2, -0.15) is 0 Å². The smallest absolute Gasteiger partial charge is 0.308 e. The number of methoxy groups -OCH3 is 1. The van der Waals surface area contributed by atoms with Crippen LogP contribution in [-0.2, 0) is 35.3 Å². The first kappa shape index (κ1) is 13.8. The van der Waals surface area contributed by atoms with Gasteiger partial charge in [-0.15, -0.1) is 0 Å². The minimum Gasteiger partial charge on any atom is -0.481 e. The number of pyridine rings is 1. The number of hydrogen-bond acceptors (Lipinski definition) is 3. The van der Waals surface area contributed by atoms with Gasteiger partial charge in [-0.1, -0.05) is 0 Å². The SMILES string of the molecule is COCCCn1c2c(cc(CC(=O)O)c1=O)CCC2. The molecule has 0 unspecified atom stereocenters. The Morgan fingerprint density at radius 3 is 2.95 bits per heavy atom. The highest BCUT2D eigenvalue weighted by Crippen LogP contribution is 2.21. The molecule has 5 nitrogen and oxygen atoms in total. The molecule has 1 aromatic heterocycles. The molecule has 0 aliphatic heterocycles. The molecule has 2 rings (SSSR count). The topological polar surface area (TPSA) is 68.5 Å². The molecule has 5 heteroatoms. The Hall–Kier alpha value is -1.62. The Morgan fingerprint density at radius 2 is 2.26 bits per heavy atom. The quantitative estimate of drug-likeness (QED) is 0.779. The van der Waals surface area contributed by atoms with Crippen LogP contribution in [0.2, 0.25) is 0 Å². The van der Waals surface area contributed by atoms with E-state index in [1.807, 2.05) is 0 Å². The fourth-order valence-corrected chi connectivity index (χ4v) is 2.68. The molecule has 0 amide bonds. The number of nitrogens with zero attached hydrogens (tertiary/aromatic N) is 1. The van der Waals surface area contributed by atoms with Crippen LogP contribution in [0.5, 0.6) is 0 Å². The standard InChI is InChI=1S/C14H19NO4/c1-19-7-3-6-15-12-5-2-4-10(12)8-11(14(15)18)9-13(16)17/h8H,2-7,9H2,1H3,(H,16,17). The molecule has 0 aromatic carbocycles. The molecular formula is C14H19NO4. The summed E-state index contributed by atoms with van der Waals surface area (Å²) in [6.45, 7) is 1.20. The first-order valence-electron chi connectivity index (χ1n) is 6.58. The fraction of sp³-hybridized carbons (Fsp3) is 0.571. The molecule has 1 aromatic rings. The predicted molar refractivity (Wildman–Crippen MR) is 70.6 cm³/mol. The zero-order valence-electron chi connectivity index (χ0n) is 11.1. The maximum atomic E-state index is 12.3. The number of carboxylic acids is 1. The number of aliphatic carboxylic acids is 1. The molecule has 0 spiro atoms. The predicted octanol–water partition coefficient (Wildman–Crippen LogP) is 1.00. The third kappa shape index (κ3) is 3.04. The summed E-state index contributed by atoms with van der Waals surface area (Å²) < 4.78 is 6.76. The van der Waals surface area contributed by atoms with Gasteiger partial charge in [0.05, 0.1) is 6.42 Å². The first-order valence-corrected chi connectivity index (χ1v) is 6.58. The number of carbonyl (C=O) groups is 1. The number of hydrogen-bond donors (Lipinski definition) is 1. The van der Waals surface area contributed by atoms with Crippen LogP contribution in [0, 0.1) is 0 Å². The Bertz CT molecular complexity index is 533. The van der Waals surface area contributed by atoms with E-state index in [0.29, 0.717) is 18.7 Å². The lowest BCUT2D eigenvalue weighted by atomic mass is 10.1. The van der Waals surface area contributed by atoms with E-state index < -0.39 is 5.97 Å². The summed E-state index contributed by atoms with van der Waals surface area (Å²) in [5.74, 6) is -0.960. The largest absolute Gasteiger partial charge is 0.481 e. The van der Waals surface area contributed by atoms with Crippen LogP contribution in [0.3, 0.4) is 0 Å². The molecule has 19 heavy (non-hydrogen) atoms. The lowest BCUT2D eigenvalue weighted by molar-refractivity contribution is -0.136. The van der Waals surface area contributed by atoms with Gasteiger partial charge < -0.3 is 14.4 Å². The molecule has 1 aliphatic rings. The van der Waals surface area contributed by atoms with E-state index in [1.165, 1.54) is 0 Å². The number of ether oxygens (including phenoxy) is 1. The van der Waals surface area contributed by atoms with Crippen LogP contribution in [0.4, 0.5) is 0 Å². The van der Waals surface area contributed by atoms with Gasteiger partial charge in [-0.3, -0.25) is 9.59 Å². The molecule has 1 heterocycles. The number of aromatic nitrogens is 1. The lowest BCUT2D eigenvalue weighted by Crippen LogP contribution is -2.28. The lowest BCUT2D eigenvalue weighted by Gasteiger charge is -2.14. The van der Waals surface area contributed by atoms with Gasteiger partial charge in [0, 0.05) is 31.5 Å². The van der Waals surface area contributed by atoms with Gasteiger partial charge in [0.25, 0.3) is 5.56 Å². The van der Waals surface area contributed by atoms with Gasteiger partial charge >= 0.3 is 5.97 Å². The second kappa shape index (κ2) is 6.02. The van der Waals surface area contributed by atoms with Crippen LogP contribution in [0.25, 0.3) is 0 Å². The molecule has 104 valence electrons. The molecule has 0 atom stereocenters. The average Bonchev–Trinajstić information content (AvgIpc) is 2.80. The third-order valence-electron chi connectivity index (χ3n) is 3.50. The van der Waals surface area contributed by atoms with Crippen molar-refractivity contribution in [2.45, 2.75) is 38.6 Å². The van der Waals surface area contributed by atoms with Crippen molar-refractivity contribution in [3.05, 3.63) is 33.2 Å². The van der Waals surface area contributed by atoms with Gasteiger partial charge in [0.15, 0.2) is 0 Å². The molecule has 0 saturated carbocycles. The van der Waals surface area contributed by atoms with Crippen LogP contribution >= 0.6 is 0 Å². The van der Waals surface area contributed by atoms with Crippen molar-refractivity contribution in [3.8, 4) is 0 Å². The van der Waals surface area contributed by atoms with Gasteiger partial charge in [0.1, 0.15) is 0 Å². The third-order valence-corrected chi connectivity index (χ3v) is 3.50. The minimum atomic E-state index is -0.960. The summed E-state index contributed by atoms with van der Waals surface area (Å²) in [5.41, 5.74) is 2.45. The van der Waals surface area contributed by atoms with Gasteiger partial charge in [-0.05, 0) is 37.3 Å². The second-order valence-corrected chi connectivity index (χ2v) is 4.87. The zero-order chi connectivity index (χ0) is 13.8. The molecule has 0 radical (unpaired) electrons. The van der Waals surface area contributed by atoms with Crippen molar-refractivity contribution in [1.82, 2.24) is 4.57 Å². The van der Waals surface area contributed by atoms with Gasteiger partial charge in [0.2, 0.25) is 0 Å². The second-order valence-electron chi connectivity index (χ2n) is 4.87. The Morgan fingerprint density at radius 1 is 1.47 bits per heavy atom. The Balaban J connectivity index is 2.35. The molecule has 1 aliphatic carbocycles. The molecule has 1 N–H and O–H groups in total.